The van der Waals surface area contributed by atoms with Gasteiger partial charge in [0, 0.05) is 18.2 Å². The van der Waals surface area contributed by atoms with Crippen molar-refractivity contribution in [3.8, 4) is 11.5 Å². The fourth-order valence-electron chi connectivity index (χ4n) is 1.75. The highest BCUT2D eigenvalue weighted by Gasteiger charge is 2.17. The molecule has 21 heavy (non-hydrogen) atoms. The fourth-order valence-corrected chi connectivity index (χ4v) is 1.75. The van der Waals surface area contributed by atoms with Crippen molar-refractivity contribution in [1.82, 2.24) is 0 Å². The van der Waals surface area contributed by atoms with Gasteiger partial charge in [-0.05, 0) is 24.6 Å². The summed E-state index contributed by atoms with van der Waals surface area (Å²) in [5, 5.41) is 21.7. The Labute approximate surface area is 119 Å². The zero-order valence-electron chi connectivity index (χ0n) is 11.0. The molecule has 0 saturated heterocycles. The number of nitro groups is 2. The second-order valence-corrected chi connectivity index (χ2v) is 4.31. The summed E-state index contributed by atoms with van der Waals surface area (Å²) >= 11 is 0. The second kappa shape index (κ2) is 5.45. The van der Waals surface area contributed by atoms with Gasteiger partial charge < -0.3 is 10.5 Å². The molecule has 0 unspecified atom stereocenters. The van der Waals surface area contributed by atoms with E-state index in [9.17, 15) is 20.2 Å². The normalized spacial score (nSPS) is 10.1. The van der Waals surface area contributed by atoms with Crippen LogP contribution in [0.15, 0.2) is 36.4 Å². The van der Waals surface area contributed by atoms with Gasteiger partial charge in [0.1, 0.15) is 11.4 Å². The van der Waals surface area contributed by atoms with Crippen LogP contribution in [0.1, 0.15) is 5.56 Å². The Balaban J connectivity index is 2.37. The summed E-state index contributed by atoms with van der Waals surface area (Å²) in [6.45, 7) is 1.72. The molecule has 0 spiro atoms. The Bertz CT molecular complexity index is 730. The molecule has 2 N–H and O–H groups in total. The van der Waals surface area contributed by atoms with E-state index in [0.717, 1.165) is 5.56 Å². The Kier molecular flexibility index (Phi) is 3.70. The van der Waals surface area contributed by atoms with Crippen molar-refractivity contribution in [3.05, 3.63) is 62.2 Å². The maximum Gasteiger partial charge on any atom is 0.311 e. The van der Waals surface area contributed by atoms with Crippen molar-refractivity contribution in [2.45, 2.75) is 6.92 Å². The standard InChI is InChI=1S/C13H11N3O5/c1-8-2-5-13(12(6-8)16(19)20)21-9-3-4-11(15(17)18)10(14)7-9/h2-7H,14H2,1H3. The van der Waals surface area contributed by atoms with Crippen LogP contribution in [0.25, 0.3) is 0 Å². The monoisotopic (exact) mass is 289 g/mol. The number of hydrogen-bond acceptors (Lipinski definition) is 6. The Morgan fingerprint density at radius 2 is 1.67 bits per heavy atom. The number of hydrogen-bond donors (Lipinski definition) is 1. The van der Waals surface area contributed by atoms with Crippen LogP contribution in [-0.4, -0.2) is 9.85 Å². The Morgan fingerprint density at radius 1 is 1.00 bits per heavy atom. The SMILES string of the molecule is Cc1ccc(Oc2ccc([N+](=O)[O-])c(N)c2)c([N+](=O)[O-])c1. The molecule has 0 radical (unpaired) electrons. The summed E-state index contributed by atoms with van der Waals surface area (Å²) in [7, 11) is 0. The first-order chi connectivity index (χ1) is 9.88. The first kappa shape index (κ1) is 14.3. The van der Waals surface area contributed by atoms with Crippen molar-refractivity contribution in [3.63, 3.8) is 0 Å². The van der Waals surface area contributed by atoms with Crippen molar-refractivity contribution < 1.29 is 14.6 Å². The number of benzene rings is 2. The summed E-state index contributed by atoms with van der Waals surface area (Å²) < 4.78 is 5.40. The quantitative estimate of drug-likeness (QED) is 0.524. The fraction of sp³-hybridized carbons (Fsp3) is 0.0769. The molecule has 0 atom stereocenters. The maximum absolute atomic E-state index is 11.0. The smallest absolute Gasteiger partial charge is 0.311 e. The average Bonchev–Trinajstić information content (AvgIpc) is 2.40. The number of nitrogen functional groups attached to an aromatic ring is 1. The first-order valence-corrected chi connectivity index (χ1v) is 5.85. The predicted molar refractivity (Wildman–Crippen MR) is 75.4 cm³/mol. The molecule has 0 aliphatic heterocycles. The third-order valence-electron chi connectivity index (χ3n) is 2.73. The van der Waals surface area contributed by atoms with Gasteiger partial charge in [0.2, 0.25) is 5.75 Å². The minimum Gasteiger partial charge on any atom is -0.450 e. The first-order valence-electron chi connectivity index (χ1n) is 5.85. The molecular weight excluding hydrogens is 278 g/mol. The zero-order valence-corrected chi connectivity index (χ0v) is 11.0. The largest absolute Gasteiger partial charge is 0.450 e. The lowest BCUT2D eigenvalue weighted by atomic mass is 10.2. The molecule has 0 aliphatic carbocycles. The van der Waals surface area contributed by atoms with E-state index in [0.29, 0.717) is 0 Å². The van der Waals surface area contributed by atoms with Crippen molar-refractivity contribution in [2.24, 2.45) is 0 Å². The zero-order chi connectivity index (χ0) is 15.6. The number of aryl methyl sites for hydroxylation is 1. The van der Waals surface area contributed by atoms with Crippen LogP contribution in [0.5, 0.6) is 11.5 Å². The molecule has 0 bridgehead atoms. The van der Waals surface area contributed by atoms with Crippen LogP contribution in [0, 0.1) is 27.2 Å². The predicted octanol–water partition coefficient (Wildman–Crippen LogP) is 3.19. The molecule has 0 saturated carbocycles. The van der Waals surface area contributed by atoms with Gasteiger partial charge in [0.15, 0.2) is 0 Å². The van der Waals surface area contributed by atoms with Crippen molar-refractivity contribution >= 4 is 17.1 Å². The van der Waals surface area contributed by atoms with Crippen LogP contribution in [0.2, 0.25) is 0 Å². The topological polar surface area (TPSA) is 122 Å². The lowest BCUT2D eigenvalue weighted by Crippen LogP contribution is -1.97. The molecule has 2 aromatic carbocycles. The van der Waals surface area contributed by atoms with E-state index < -0.39 is 9.85 Å². The number of anilines is 1. The van der Waals surface area contributed by atoms with Crippen LogP contribution in [0.3, 0.4) is 0 Å². The molecule has 2 aromatic rings. The lowest BCUT2D eigenvalue weighted by Gasteiger charge is -2.07. The maximum atomic E-state index is 11.0. The van der Waals surface area contributed by atoms with E-state index in [4.69, 9.17) is 10.5 Å². The van der Waals surface area contributed by atoms with Gasteiger partial charge in [-0.15, -0.1) is 0 Å². The summed E-state index contributed by atoms with van der Waals surface area (Å²) in [6.07, 6.45) is 0. The number of ether oxygens (including phenoxy) is 1. The molecule has 0 fully saturated rings. The number of rotatable bonds is 4. The van der Waals surface area contributed by atoms with E-state index in [-0.39, 0.29) is 28.6 Å². The average molecular weight is 289 g/mol. The molecule has 108 valence electrons. The highest BCUT2D eigenvalue weighted by molar-refractivity contribution is 5.61. The number of nitrogens with zero attached hydrogens (tertiary/aromatic N) is 2. The van der Waals surface area contributed by atoms with Crippen LogP contribution < -0.4 is 10.5 Å². The third-order valence-corrected chi connectivity index (χ3v) is 2.73. The lowest BCUT2D eigenvalue weighted by molar-refractivity contribution is -0.385. The van der Waals surface area contributed by atoms with Crippen LogP contribution in [-0.2, 0) is 0 Å². The molecule has 0 amide bonds. The molecule has 2 rings (SSSR count). The molecule has 8 nitrogen and oxygen atoms in total. The molecule has 0 aromatic heterocycles. The van der Waals surface area contributed by atoms with Crippen LogP contribution >= 0.6 is 0 Å². The van der Waals surface area contributed by atoms with E-state index in [2.05, 4.69) is 0 Å². The van der Waals surface area contributed by atoms with Gasteiger partial charge in [0.05, 0.1) is 9.85 Å². The minimum atomic E-state index is -0.618. The number of nitrogens with two attached hydrogens (primary N) is 1. The minimum absolute atomic E-state index is 0.0406. The summed E-state index contributed by atoms with van der Waals surface area (Å²) in [6, 6.07) is 8.27. The number of nitro benzene ring substituents is 2. The van der Waals surface area contributed by atoms with Gasteiger partial charge in [-0.25, -0.2) is 0 Å². The van der Waals surface area contributed by atoms with Gasteiger partial charge in [0.25, 0.3) is 5.69 Å². The summed E-state index contributed by atoms with van der Waals surface area (Å²) in [5.41, 5.74) is 5.75. The molecule has 0 aliphatic rings. The van der Waals surface area contributed by atoms with Crippen molar-refractivity contribution in [1.29, 1.82) is 0 Å². The summed E-state index contributed by atoms with van der Waals surface area (Å²) in [4.78, 5) is 20.5. The summed E-state index contributed by atoms with van der Waals surface area (Å²) in [5.74, 6) is 0.226. The highest BCUT2D eigenvalue weighted by Crippen LogP contribution is 2.34. The second-order valence-electron chi connectivity index (χ2n) is 4.31. The van der Waals surface area contributed by atoms with Gasteiger partial charge >= 0.3 is 5.69 Å². The Morgan fingerprint density at radius 3 is 2.24 bits per heavy atom. The Hall–Kier alpha value is -3.16. The van der Waals surface area contributed by atoms with Gasteiger partial charge in [-0.1, -0.05) is 6.07 Å². The van der Waals surface area contributed by atoms with Crippen molar-refractivity contribution in [2.75, 3.05) is 5.73 Å². The third kappa shape index (κ3) is 3.06. The van der Waals surface area contributed by atoms with E-state index in [1.54, 1.807) is 13.0 Å². The van der Waals surface area contributed by atoms with E-state index in [1.165, 1.54) is 30.3 Å². The highest BCUT2D eigenvalue weighted by atomic mass is 16.6. The van der Waals surface area contributed by atoms with Crippen LogP contribution in [0.4, 0.5) is 17.1 Å². The van der Waals surface area contributed by atoms with E-state index in [1.807, 2.05) is 0 Å². The van der Waals surface area contributed by atoms with Gasteiger partial charge in [-0.2, -0.15) is 0 Å². The molecular formula is C13H11N3O5. The van der Waals surface area contributed by atoms with Gasteiger partial charge in [-0.3, -0.25) is 20.2 Å². The molecule has 0 heterocycles. The van der Waals surface area contributed by atoms with E-state index >= 15 is 0 Å². The molecule has 8 heteroatoms.